The molecule has 0 radical (unpaired) electrons. The van der Waals surface area contributed by atoms with E-state index in [9.17, 15) is 4.79 Å². The van der Waals surface area contributed by atoms with Crippen molar-refractivity contribution in [3.05, 3.63) is 29.0 Å². The lowest BCUT2D eigenvalue weighted by molar-refractivity contribution is 0.0592. The van der Waals surface area contributed by atoms with Gasteiger partial charge in [0.25, 0.3) is 0 Å². The SMILES string of the molecule is COC(=O)c1nn(C)c2c1Cc1cc(OC)c(OC)cc1-2. The Kier molecular flexibility index (Phi) is 3.08. The molecule has 21 heavy (non-hydrogen) atoms. The van der Waals surface area contributed by atoms with Gasteiger partial charge in [0.15, 0.2) is 17.2 Å². The summed E-state index contributed by atoms with van der Waals surface area (Å²) in [6.07, 6.45) is 0.628. The summed E-state index contributed by atoms with van der Waals surface area (Å²) in [5.74, 6) is 0.917. The minimum atomic E-state index is -0.418. The molecule has 0 unspecified atom stereocenters. The van der Waals surface area contributed by atoms with Gasteiger partial charge in [-0.1, -0.05) is 0 Å². The molecule has 0 bridgehead atoms. The van der Waals surface area contributed by atoms with Crippen molar-refractivity contribution in [2.24, 2.45) is 7.05 Å². The molecule has 2 aromatic rings. The average Bonchev–Trinajstić information content (AvgIpc) is 3.02. The van der Waals surface area contributed by atoms with Crippen molar-refractivity contribution in [2.75, 3.05) is 21.3 Å². The molecule has 1 aromatic heterocycles. The summed E-state index contributed by atoms with van der Waals surface area (Å²) in [5.41, 5.74) is 4.26. The van der Waals surface area contributed by atoms with E-state index in [1.54, 1.807) is 18.9 Å². The number of esters is 1. The van der Waals surface area contributed by atoms with Gasteiger partial charge in [-0.05, 0) is 17.7 Å². The van der Waals surface area contributed by atoms with E-state index in [1.807, 2.05) is 19.2 Å². The predicted molar refractivity (Wildman–Crippen MR) is 75.9 cm³/mol. The van der Waals surface area contributed by atoms with E-state index < -0.39 is 5.97 Å². The van der Waals surface area contributed by atoms with Gasteiger partial charge in [0.1, 0.15) is 0 Å². The number of carbonyl (C=O) groups is 1. The zero-order chi connectivity index (χ0) is 15.1. The zero-order valence-corrected chi connectivity index (χ0v) is 12.4. The first kappa shape index (κ1) is 13.5. The molecule has 0 atom stereocenters. The molecule has 0 saturated carbocycles. The Labute approximate surface area is 122 Å². The average molecular weight is 288 g/mol. The van der Waals surface area contributed by atoms with Crippen LogP contribution in [-0.4, -0.2) is 37.1 Å². The molecule has 0 amide bonds. The van der Waals surface area contributed by atoms with Crippen molar-refractivity contribution in [3.63, 3.8) is 0 Å². The van der Waals surface area contributed by atoms with Crippen LogP contribution in [0.15, 0.2) is 12.1 Å². The Hall–Kier alpha value is -2.50. The van der Waals surface area contributed by atoms with Gasteiger partial charge in [-0.15, -0.1) is 0 Å². The molecule has 0 fully saturated rings. The van der Waals surface area contributed by atoms with Crippen LogP contribution >= 0.6 is 0 Å². The first-order valence-corrected chi connectivity index (χ1v) is 6.50. The summed E-state index contributed by atoms with van der Waals surface area (Å²) < 4.78 is 17.2. The van der Waals surface area contributed by atoms with Crippen molar-refractivity contribution in [2.45, 2.75) is 6.42 Å². The maximum atomic E-state index is 11.8. The van der Waals surface area contributed by atoms with Gasteiger partial charge >= 0.3 is 5.97 Å². The summed E-state index contributed by atoms with van der Waals surface area (Å²) in [6.45, 7) is 0. The van der Waals surface area contributed by atoms with E-state index in [-0.39, 0.29) is 0 Å². The molecule has 3 rings (SSSR count). The molecule has 0 saturated heterocycles. The van der Waals surface area contributed by atoms with Gasteiger partial charge < -0.3 is 14.2 Å². The van der Waals surface area contributed by atoms with Crippen molar-refractivity contribution < 1.29 is 19.0 Å². The number of hydrogen-bond acceptors (Lipinski definition) is 5. The van der Waals surface area contributed by atoms with E-state index in [0.717, 1.165) is 22.4 Å². The minimum absolute atomic E-state index is 0.365. The Bertz CT molecular complexity index is 734. The zero-order valence-electron chi connectivity index (χ0n) is 12.4. The molecular formula is C15H16N2O4. The molecule has 1 aliphatic carbocycles. The Morgan fingerprint density at radius 1 is 1.19 bits per heavy atom. The van der Waals surface area contributed by atoms with Gasteiger partial charge in [-0.3, -0.25) is 4.68 Å². The molecule has 6 heteroatoms. The van der Waals surface area contributed by atoms with Gasteiger partial charge in [0.05, 0.1) is 27.0 Å². The number of methoxy groups -OCH3 is 3. The molecule has 1 aliphatic rings. The van der Waals surface area contributed by atoms with Crippen LogP contribution < -0.4 is 9.47 Å². The second-order valence-electron chi connectivity index (χ2n) is 4.83. The third-order valence-electron chi connectivity index (χ3n) is 3.76. The summed E-state index contributed by atoms with van der Waals surface area (Å²) in [4.78, 5) is 11.8. The lowest BCUT2D eigenvalue weighted by atomic mass is 10.1. The Balaban J connectivity index is 2.19. The number of hydrogen-bond donors (Lipinski definition) is 0. The van der Waals surface area contributed by atoms with Crippen LogP contribution in [0.4, 0.5) is 0 Å². The normalized spacial score (nSPS) is 11.8. The molecule has 6 nitrogen and oxygen atoms in total. The summed E-state index contributed by atoms with van der Waals surface area (Å²) in [6, 6.07) is 3.86. The van der Waals surface area contributed by atoms with Crippen molar-refractivity contribution in [1.82, 2.24) is 9.78 Å². The first-order chi connectivity index (χ1) is 10.1. The van der Waals surface area contributed by atoms with Crippen LogP contribution in [0.5, 0.6) is 11.5 Å². The van der Waals surface area contributed by atoms with Gasteiger partial charge in [-0.2, -0.15) is 5.10 Å². The van der Waals surface area contributed by atoms with Crippen LogP contribution in [0, 0.1) is 0 Å². The van der Waals surface area contributed by atoms with Crippen LogP contribution in [0.3, 0.4) is 0 Å². The number of benzene rings is 1. The molecule has 0 spiro atoms. The number of ether oxygens (including phenoxy) is 3. The fourth-order valence-electron chi connectivity index (χ4n) is 2.81. The highest BCUT2D eigenvalue weighted by atomic mass is 16.5. The molecule has 1 heterocycles. The lowest BCUT2D eigenvalue weighted by Crippen LogP contribution is -2.06. The van der Waals surface area contributed by atoms with Crippen LogP contribution in [0.25, 0.3) is 11.3 Å². The largest absolute Gasteiger partial charge is 0.493 e. The third-order valence-corrected chi connectivity index (χ3v) is 3.76. The third kappa shape index (κ3) is 1.86. The van der Waals surface area contributed by atoms with E-state index in [0.29, 0.717) is 23.6 Å². The van der Waals surface area contributed by atoms with Crippen molar-refractivity contribution >= 4 is 5.97 Å². The number of carbonyl (C=O) groups excluding carboxylic acids is 1. The van der Waals surface area contributed by atoms with Gasteiger partial charge in [0.2, 0.25) is 0 Å². The molecule has 0 aliphatic heterocycles. The summed E-state index contributed by atoms with van der Waals surface area (Å²) in [5, 5.41) is 4.27. The maximum absolute atomic E-state index is 11.8. The standard InChI is InChI=1S/C15H16N2O4/c1-17-14-9-7-12(20-3)11(19-2)6-8(9)5-10(14)13(16-17)15(18)21-4/h6-7H,5H2,1-4H3. The summed E-state index contributed by atoms with van der Waals surface area (Å²) >= 11 is 0. The smallest absolute Gasteiger partial charge is 0.358 e. The van der Waals surface area contributed by atoms with E-state index >= 15 is 0 Å². The van der Waals surface area contributed by atoms with Gasteiger partial charge in [0, 0.05) is 24.6 Å². The molecule has 110 valence electrons. The number of aromatic nitrogens is 2. The number of aryl methyl sites for hydroxylation is 1. The number of rotatable bonds is 3. The number of fused-ring (bicyclic) bond motifs is 3. The van der Waals surface area contributed by atoms with Crippen LogP contribution in [0.1, 0.15) is 21.6 Å². The fourth-order valence-corrected chi connectivity index (χ4v) is 2.81. The Morgan fingerprint density at radius 3 is 2.48 bits per heavy atom. The fraction of sp³-hybridized carbons (Fsp3) is 0.333. The van der Waals surface area contributed by atoms with E-state index in [1.165, 1.54) is 7.11 Å². The topological polar surface area (TPSA) is 62.6 Å². The minimum Gasteiger partial charge on any atom is -0.493 e. The quantitative estimate of drug-likeness (QED) is 0.688. The summed E-state index contributed by atoms with van der Waals surface area (Å²) in [7, 11) is 6.38. The highest BCUT2D eigenvalue weighted by Gasteiger charge is 2.31. The molecular weight excluding hydrogens is 272 g/mol. The predicted octanol–water partition coefficient (Wildman–Crippen LogP) is 1.80. The molecule has 0 N–H and O–H groups in total. The lowest BCUT2D eigenvalue weighted by Gasteiger charge is -2.11. The van der Waals surface area contributed by atoms with Crippen molar-refractivity contribution in [1.29, 1.82) is 0 Å². The van der Waals surface area contributed by atoms with Crippen LogP contribution in [0.2, 0.25) is 0 Å². The monoisotopic (exact) mass is 288 g/mol. The highest BCUT2D eigenvalue weighted by molar-refractivity contribution is 5.93. The highest BCUT2D eigenvalue weighted by Crippen LogP contribution is 2.43. The second-order valence-corrected chi connectivity index (χ2v) is 4.83. The van der Waals surface area contributed by atoms with Crippen LogP contribution in [-0.2, 0) is 18.2 Å². The molecule has 1 aromatic carbocycles. The number of nitrogens with zero attached hydrogens (tertiary/aromatic N) is 2. The first-order valence-electron chi connectivity index (χ1n) is 6.50. The van der Waals surface area contributed by atoms with Crippen molar-refractivity contribution in [3.8, 4) is 22.8 Å². The second kappa shape index (κ2) is 4.80. The van der Waals surface area contributed by atoms with Gasteiger partial charge in [-0.25, -0.2) is 4.79 Å². The van der Waals surface area contributed by atoms with E-state index in [4.69, 9.17) is 14.2 Å². The maximum Gasteiger partial charge on any atom is 0.358 e. The van der Waals surface area contributed by atoms with E-state index in [2.05, 4.69) is 5.10 Å². The Morgan fingerprint density at radius 2 is 1.86 bits per heavy atom.